The van der Waals surface area contributed by atoms with Crippen molar-refractivity contribution in [3.05, 3.63) is 0 Å². The Labute approximate surface area is 93.2 Å². The highest BCUT2D eigenvalue weighted by atomic mass is 16.5. The lowest BCUT2D eigenvalue weighted by atomic mass is 9.86. The molecule has 1 aliphatic heterocycles. The molecule has 88 valence electrons. The van der Waals surface area contributed by atoms with Crippen molar-refractivity contribution in [1.29, 1.82) is 0 Å². The van der Waals surface area contributed by atoms with Gasteiger partial charge in [-0.1, -0.05) is 13.8 Å². The van der Waals surface area contributed by atoms with Crippen LogP contribution < -0.4 is 5.32 Å². The Morgan fingerprint density at radius 3 is 2.53 bits per heavy atom. The summed E-state index contributed by atoms with van der Waals surface area (Å²) in [5, 5.41) is 3.52. The van der Waals surface area contributed by atoms with Gasteiger partial charge in [-0.15, -0.1) is 0 Å². The Morgan fingerprint density at radius 1 is 1.27 bits per heavy atom. The maximum absolute atomic E-state index is 5.42. The molecule has 2 unspecified atom stereocenters. The number of ether oxygens (including phenoxy) is 1. The third kappa shape index (κ3) is 2.19. The molecule has 0 aromatic rings. The van der Waals surface area contributed by atoms with Gasteiger partial charge in [-0.3, -0.25) is 4.90 Å². The van der Waals surface area contributed by atoms with E-state index in [0.29, 0.717) is 17.5 Å². The molecule has 1 N–H and O–H groups in total. The van der Waals surface area contributed by atoms with Crippen molar-refractivity contribution in [3.8, 4) is 0 Å². The first-order valence-electron chi connectivity index (χ1n) is 6.14. The summed E-state index contributed by atoms with van der Waals surface area (Å²) in [6, 6.07) is 1.35. The zero-order valence-corrected chi connectivity index (χ0v) is 10.3. The molecule has 3 heteroatoms. The van der Waals surface area contributed by atoms with Gasteiger partial charge in [0.15, 0.2) is 0 Å². The number of nitrogens with zero attached hydrogens (tertiary/aromatic N) is 1. The van der Waals surface area contributed by atoms with Gasteiger partial charge in [-0.25, -0.2) is 0 Å². The Kier molecular flexibility index (Phi) is 3.33. The van der Waals surface area contributed by atoms with E-state index < -0.39 is 0 Å². The van der Waals surface area contributed by atoms with Crippen LogP contribution in [-0.4, -0.2) is 50.3 Å². The predicted molar refractivity (Wildman–Crippen MR) is 62.0 cm³/mol. The zero-order chi connectivity index (χ0) is 10.9. The van der Waals surface area contributed by atoms with Crippen molar-refractivity contribution in [1.82, 2.24) is 10.2 Å². The highest BCUT2D eigenvalue weighted by molar-refractivity contribution is 5.00. The van der Waals surface area contributed by atoms with Gasteiger partial charge in [0.25, 0.3) is 0 Å². The number of rotatable bonds is 2. The van der Waals surface area contributed by atoms with Crippen molar-refractivity contribution >= 4 is 0 Å². The van der Waals surface area contributed by atoms with Crippen LogP contribution in [0.2, 0.25) is 0 Å². The van der Waals surface area contributed by atoms with Crippen LogP contribution in [0.3, 0.4) is 0 Å². The lowest BCUT2D eigenvalue weighted by molar-refractivity contribution is 0.00892. The summed E-state index contributed by atoms with van der Waals surface area (Å²) in [7, 11) is 2.10. The van der Waals surface area contributed by atoms with Gasteiger partial charge in [0.2, 0.25) is 0 Å². The van der Waals surface area contributed by atoms with E-state index in [0.717, 1.165) is 26.3 Å². The molecule has 2 fully saturated rings. The van der Waals surface area contributed by atoms with Crippen molar-refractivity contribution in [3.63, 3.8) is 0 Å². The topological polar surface area (TPSA) is 24.5 Å². The maximum atomic E-state index is 5.42. The average Bonchev–Trinajstić information content (AvgIpc) is 2.54. The predicted octanol–water partition coefficient (Wildman–Crippen LogP) is 1.10. The quantitative estimate of drug-likeness (QED) is 0.742. The lowest BCUT2D eigenvalue weighted by Crippen LogP contribution is -2.53. The minimum Gasteiger partial charge on any atom is -0.379 e. The molecular formula is C12H24N2O. The van der Waals surface area contributed by atoms with Crippen LogP contribution in [0, 0.1) is 5.41 Å². The fourth-order valence-corrected chi connectivity index (χ4v) is 3.25. The third-order valence-electron chi connectivity index (χ3n) is 4.14. The molecule has 0 bridgehead atoms. The Hall–Kier alpha value is -0.120. The van der Waals surface area contributed by atoms with Crippen LogP contribution in [-0.2, 0) is 4.74 Å². The summed E-state index contributed by atoms with van der Waals surface area (Å²) in [5.41, 5.74) is 0.442. The minimum atomic E-state index is 0.442. The lowest BCUT2D eigenvalue weighted by Gasteiger charge is -2.38. The molecule has 1 heterocycles. The van der Waals surface area contributed by atoms with Crippen LogP contribution in [0.4, 0.5) is 0 Å². The summed E-state index contributed by atoms with van der Waals surface area (Å²) in [4.78, 5) is 2.61. The second kappa shape index (κ2) is 4.40. The van der Waals surface area contributed by atoms with E-state index in [1.807, 2.05) is 0 Å². The highest BCUT2D eigenvalue weighted by Gasteiger charge is 2.43. The van der Waals surface area contributed by atoms with Gasteiger partial charge in [0.05, 0.1) is 13.2 Å². The van der Waals surface area contributed by atoms with Crippen molar-refractivity contribution < 1.29 is 4.74 Å². The molecule has 0 aromatic carbocycles. The molecule has 2 aliphatic rings. The largest absolute Gasteiger partial charge is 0.379 e. The molecule has 1 aliphatic carbocycles. The summed E-state index contributed by atoms with van der Waals surface area (Å²) >= 11 is 0. The summed E-state index contributed by atoms with van der Waals surface area (Å²) < 4.78 is 5.42. The smallest absolute Gasteiger partial charge is 0.0594 e. The number of hydrogen-bond acceptors (Lipinski definition) is 3. The van der Waals surface area contributed by atoms with Crippen molar-refractivity contribution in [2.45, 2.75) is 38.8 Å². The van der Waals surface area contributed by atoms with E-state index in [-0.39, 0.29) is 0 Å². The summed E-state index contributed by atoms with van der Waals surface area (Å²) in [5.74, 6) is 0. The summed E-state index contributed by atoms with van der Waals surface area (Å²) in [6.45, 7) is 8.81. The van der Waals surface area contributed by atoms with Crippen molar-refractivity contribution in [2.75, 3.05) is 33.4 Å². The van der Waals surface area contributed by atoms with E-state index in [9.17, 15) is 0 Å². The first-order valence-corrected chi connectivity index (χ1v) is 6.14. The first-order chi connectivity index (χ1) is 7.15. The van der Waals surface area contributed by atoms with Gasteiger partial charge in [-0.05, 0) is 25.3 Å². The average molecular weight is 212 g/mol. The maximum Gasteiger partial charge on any atom is 0.0594 e. The second-order valence-electron chi connectivity index (χ2n) is 5.51. The number of morpholine rings is 1. The number of nitrogens with one attached hydrogen (secondary N) is 1. The molecule has 0 amide bonds. The van der Waals surface area contributed by atoms with E-state index in [1.54, 1.807) is 0 Å². The SMILES string of the molecule is CNC1C(N2CCOCC2)CCC1(C)C. The van der Waals surface area contributed by atoms with E-state index >= 15 is 0 Å². The highest BCUT2D eigenvalue weighted by Crippen LogP contribution is 2.39. The summed E-state index contributed by atoms with van der Waals surface area (Å²) in [6.07, 6.45) is 2.67. The molecule has 1 saturated carbocycles. The molecule has 15 heavy (non-hydrogen) atoms. The molecule has 0 spiro atoms. The fourth-order valence-electron chi connectivity index (χ4n) is 3.25. The van der Waals surface area contributed by atoms with Gasteiger partial charge < -0.3 is 10.1 Å². The number of likely N-dealkylation sites (N-methyl/N-ethyl adjacent to an activating group) is 1. The van der Waals surface area contributed by atoms with E-state index in [1.165, 1.54) is 12.8 Å². The standard InChI is InChI=1S/C12H24N2O/c1-12(2)5-4-10(11(12)13-3)14-6-8-15-9-7-14/h10-11,13H,4-9H2,1-3H3. The van der Waals surface area contributed by atoms with Gasteiger partial charge in [0.1, 0.15) is 0 Å². The fraction of sp³-hybridized carbons (Fsp3) is 1.00. The van der Waals surface area contributed by atoms with Crippen LogP contribution in [0.5, 0.6) is 0 Å². The van der Waals surface area contributed by atoms with Gasteiger partial charge >= 0.3 is 0 Å². The molecule has 1 saturated heterocycles. The molecule has 0 aromatic heterocycles. The Bertz CT molecular complexity index is 212. The molecule has 2 rings (SSSR count). The molecule has 0 radical (unpaired) electrons. The van der Waals surface area contributed by atoms with Crippen LogP contribution in [0.1, 0.15) is 26.7 Å². The third-order valence-corrected chi connectivity index (χ3v) is 4.14. The monoisotopic (exact) mass is 212 g/mol. The Balaban J connectivity index is 2.02. The Morgan fingerprint density at radius 2 is 1.93 bits per heavy atom. The first kappa shape index (κ1) is 11.4. The zero-order valence-electron chi connectivity index (χ0n) is 10.3. The number of hydrogen-bond donors (Lipinski definition) is 1. The molecule has 3 nitrogen and oxygen atoms in total. The minimum absolute atomic E-state index is 0.442. The van der Waals surface area contributed by atoms with Gasteiger partial charge in [0, 0.05) is 25.2 Å². The second-order valence-corrected chi connectivity index (χ2v) is 5.51. The normalized spacial score (nSPS) is 37.0. The van der Waals surface area contributed by atoms with Crippen molar-refractivity contribution in [2.24, 2.45) is 5.41 Å². The van der Waals surface area contributed by atoms with Crippen LogP contribution >= 0.6 is 0 Å². The van der Waals surface area contributed by atoms with Crippen LogP contribution in [0.25, 0.3) is 0 Å². The molecular weight excluding hydrogens is 188 g/mol. The molecule has 2 atom stereocenters. The van der Waals surface area contributed by atoms with E-state index in [4.69, 9.17) is 4.74 Å². The van der Waals surface area contributed by atoms with Gasteiger partial charge in [-0.2, -0.15) is 0 Å². The van der Waals surface area contributed by atoms with Crippen LogP contribution in [0.15, 0.2) is 0 Å². The van der Waals surface area contributed by atoms with E-state index in [2.05, 4.69) is 31.1 Å².